The number of imide groups is 2. The summed E-state index contributed by atoms with van der Waals surface area (Å²) in [4.78, 5) is 38.5. The highest BCUT2D eigenvalue weighted by Gasteiger charge is 2.36. The third-order valence-electron chi connectivity index (χ3n) is 4.95. The summed E-state index contributed by atoms with van der Waals surface area (Å²) in [5, 5.41) is 2.22. The van der Waals surface area contributed by atoms with E-state index in [9.17, 15) is 18.8 Å². The molecule has 5 nitrogen and oxygen atoms in total. The Labute approximate surface area is 178 Å². The van der Waals surface area contributed by atoms with Crippen molar-refractivity contribution in [3.8, 4) is 0 Å². The normalized spacial score (nSPS) is 15.4. The first kappa shape index (κ1) is 20.2. The van der Waals surface area contributed by atoms with Gasteiger partial charge in [0.15, 0.2) is 0 Å². The Bertz CT molecular complexity index is 1220. The van der Waals surface area contributed by atoms with E-state index in [0.29, 0.717) is 17.7 Å². The lowest BCUT2D eigenvalue weighted by Gasteiger charge is -2.26. The van der Waals surface area contributed by atoms with Crippen LogP contribution < -0.4 is 10.2 Å². The number of benzene rings is 3. The quantitative estimate of drug-likeness (QED) is 0.509. The van der Waals surface area contributed by atoms with Crippen molar-refractivity contribution < 1.29 is 18.8 Å². The summed E-state index contributed by atoms with van der Waals surface area (Å²) in [6, 6.07) is 19.8. The van der Waals surface area contributed by atoms with Gasteiger partial charge in [-0.1, -0.05) is 48.5 Å². The molecule has 1 aliphatic heterocycles. The molecular weight excluding hydrogens is 395 g/mol. The number of nitrogens with zero attached hydrogens (tertiary/aromatic N) is 1. The van der Waals surface area contributed by atoms with Gasteiger partial charge in [-0.05, 0) is 65.9 Å². The van der Waals surface area contributed by atoms with Gasteiger partial charge in [-0.3, -0.25) is 14.9 Å². The first-order chi connectivity index (χ1) is 14.9. The SMILES string of the molecule is Cc1cccc(N2C(=O)NC(=O)/C(=C\c3ccc(Cc4cccc(F)c4)cc3)C2=O)c1. The van der Waals surface area contributed by atoms with Gasteiger partial charge in [0.2, 0.25) is 0 Å². The summed E-state index contributed by atoms with van der Waals surface area (Å²) in [7, 11) is 0. The minimum atomic E-state index is -0.775. The third-order valence-corrected chi connectivity index (χ3v) is 4.95. The van der Waals surface area contributed by atoms with Gasteiger partial charge in [0.25, 0.3) is 11.8 Å². The van der Waals surface area contributed by atoms with Crippen LogP contribution in [-0.2, 0) is 16.0 Å². The molecule has 0 radical (unpaired) electrons. The summed E-state index contributed by atoms with van der Waals surface area (Å²) in [6.07, 6.45) is 2.02. The molecule has 0 bridgehead atoms. The molecule has 0 saturated carbocycles. The zero-order valence-corrected chi connectivity index (χ0v) is 16.8. The van der Waals surface area contributed by atoms with Crippen LogP contribution in [0.15, 0.2) is 78.4 Å². The molecule has 0 aromatic heterocycles. The molecule has 1 N–H and O–H groups in total. The standard InChI is InChI=1S/C25H19FN2O3/c1-16-4-2-7-21(12-16)28-24(30)22(23(29)27-25(28)31)15-18-10-8-17(9-11-18)13-19-5-3-6-20(26)14-19/h2-12,14-15H,13H2,1H3,(H,27,29,31)/b22-15+. The maximum atomic E-state index is 13.4. The van der Waals surface area contributed by atoms with Crippen LogP contribution in [-0.4, -0.2) is 17.8 Å². The van der Waals surface area contributed by atoms with E-state index < -0.39 is 17.8 Å². The third kappa shape index (κ3) is 4.43. The van der Waals surface area contributed by atoms with E-state index in [4.69, 9.17) is 0 Å². The molecule has 0 aliphatic carbocycles. The minimum absolute atomic E-state index is 0.126. The van der Waals surface area contributed by atoms with E-state index in [1.54, 1.807) is 36.4 Å². The Morgan fingerprint density at radius 2 is 1.65 bits per heavy atom. The van der Waals surface area contributed by atoms with Crippen molar-refractivity contribution in [1.29, 1.82) is 0 Å². The van der Waals surface area contributed by atoms with Gasteiger partial charge in [-0.15, -0.1) is 0 Å². The lowest BCUT2D eigenvalue weighted by Crippen LogP contribution is -2.54. The van der Waals surface area contributed by atoms with Crippen molar-refractivity contribution in [3.05, 3.63) is 106 Å². The van der Waals surface area contributed by atoms with Gasteiger partial charge in [0.05, 0.1) is 5.69 Å². The number of nitrogens with one attached hydrogen (secondary N) is 1. The highest BCUT2D eigenvalue weighted by atomic mass is 19.1. The number of amides is 4. The second kappa shape index (κ2) is 8.36. The molecule has 0 spiro atoms. The Kier molecular flexibility index (Phi) is 5.45. The molecule has 0 unspecified atom stereocenters. The topological polar surface area (TPSA) is 66.5 Å². The van der Waals surface area contributed by atoms with Crippen LogP contribution >= 0.6 is 0 Å². The Balaban J connectivity index is 1.58. The van der Waals surface area contributed by atoms with Crippen molar-refractivity contribution >= 4 is 29.6 Å². The maximum Gasteiger partial charge on any atom is 0.335 e. The van der Waals surface area contributed by atoms with Crippen molar-refractivity contribution in [3.63, 3.8) is 0 Å². The second-order valence-corrected chi connectivity index (χ2v) is 7.35. The number of barbiturate groups is 1. The number of carbonyl (C=O) groups is 3. The average Bonchev–Trinajstić information content (AvgIpc) is 2.72. The van der Waals surface area contributed by atoms with Crippen molar-refractivity contribution in [2.24, 2.45) is 0 Å². The fourth-order valence-corrected chi connectivity index (χ4v) is 3.44. The number of urea groups is 1. The van der Waals surface area contributed by atoms with Gasteiger partial charge < -0.3 is 0 Å². The first-order valence-corrected chi connectivity index (χ1v) is 9.72. The fraction of sp³-hybridized carbons (Fsp3) is 0.0800. The predicted octanol–water partition coefficient (Wildman–Crippen LogP) is 4.39. The minimum Gasteiger partial charge on any atom is -0.273 e. The van der Waals surface area contributed by atoms with Crippen molar-refractivity contribution in [2.75, 3.05) is 4.90 Å². The van der Waals surface area contributed by atoms with Crippen molar-refractivity contribution in [2.45, 2.75) is 13.3 Å². The number of aryl methyl sites for hydroxylation is 1. The lowest BCUT2D eigenvalue weighted by atomic mass is 10.0. The van der Waals surface area contributed by atoms with Crippen molar-refractivity contribution in [1.82, 2.24) is 5.32 Å². The molecule has 6 heteroatoms. The largest absolute Gasteiger partial charge is 0.335 e. The summed E-state index contributed by atoms with van der Waals surface area (Å²) < 4.78 is 13.4. The lowest BCUT2D eigenvalue weighted by molar-refractivity contribution is -0.122. The van der Waals surface area contributed by atoms with Crippen LogP contribution in [0.1, 0.15) is 22.3 Å². The summed E-state index contributed by atoms with van der Waals surface area (Å²) in [5.74, 6) is -1.70. The van der Waals surface area contributed by atoms with E-state index in [2.05, 4.69) is 5.32 Å². The van der Waals surface area contributed by atoms with Crippen LogP contribution in [0.2, 0.25) is 0 Å². The Morgan fingerprint density at radius 3 is 2.35 bits per heavy atom. The number of anilines is 1. The van der Waals surface area contributed by atoms with Crippen LogP contribution in [0, 0.1) is 12.7 Å². The predicted molar refractivity (Wildman–Crippen MR) is 116 cm³/mol. The number of carbonyl (C=O) groups excluding carboxylic acids is 3. The number of rotatable bonds is 4. The Morgan fingerprint density at radius 1 is 0.903 bits per heavy atom. The van der Waals surface area contributed by atoms with E-state index in [1.165, 1.54) is 18.2 Å². The molecule has 4 amide bonds. The van der Waals surface area contributed by atoms with Crippen LogP contribution in [0.3, 0.4) is 0 Å². The smallest absolute Gasteiger partial charge is 0.273 e. The zero-order chi connectivity index (χ0) is 22.0. The van der Waals surface area contributed by atoms with E-state index in [0.717, 1.165) is 21.6 Å². The molecule has 1 saturated heterocycles. The van der Waals surface area contributed by atoms with E-state index in [-0.39, 0.29) is 11.4 Å². The van der Waals surface area contributed by atoms with Gasteiger partial charge >= 0.3 is 6.03 Å². The van der Waals surface area contributed by atoms with E-state index in [1.807, 2.05) is 31.2 Å². The molecule has 4 rings (SSSR count). The number of halogens is 1. The molecular formula is C25H19FN2O3. The molecule has 3 aromatic carbocycles. The number of hydrogen-bond donors (Lipinski definition) is 1. The fourth-order valence-electron chi connectivity index (χ4n) is 3.44. The van der Waals surface area contributed by atoms with Gasteiger partial charge in [0.1, 0.15) is 11.4 Å². The summed E-state index contributed by atoms with van der Waals surface area (Å²) >= 11 is 0. The van der Waals surface area contributed by atoms with E-state index >= 15 is 0 Å². The molecule has 1 fully saturated rings. The summed E-state index contributed by atoms with van der Waals surface area (Å²) in [5.41, 5.74) is 3.60. The van der Waals surface area contributed by atoms with Crippen LogP contribution in [0.5, 0.6) is 0 Å². The highest BCUT2D eigenvalue weighted by molar-refractivity contribution is 6.39. The van der Waals surface area contributed by atoms with Gasteiger partial charge in [-0.25, -0.2) is 14.1 Å². The zero-order valence-electron chi connectivity index (χ0n) is 16.8. The summed E-state index contributed by atoms with van der Waals surface area (Å²) in [6.45, 7) is 1.85. The van der Waals surface area contributed by atoms with Gasteiger partial charge in [0, 0.05) is 0 Å². The second-order valence-electron chi connectivity index (χ2n) is 7.35. The highest BCUT2D eigenvalue weighted by Crippen LogP contribution is 2.23. The molecule has 31 heavy (non-hydrogen) atoms. The Hall–Kier alpha value is -4.06. The van der Waals surface area contributed by atoms with Gasteiger partial charge in [-0.2, -0.15) is 0 Å². The van der Waals surface area contributed by atoms with Crippen LogP contribution in [0.4, 0.5) is 14.9 Å². The first-order valence-electron chi connectivity index (χ1n) is 9.72. The molecule has 3 aromatic rings. The molecule has 0 atom stereocenters. The molecule has 1 heterocycles. The molecule has 154 valence electrons. The average molecular weight is 414 g/mol. The molecule has 1 aliphatic rings. The maximum absolute atomic E-state index is 13.4. The van der Waals surface area contributed by atoms with Crippen LogP contribution in [0.25, 0.3) is 6.08 Å². The monoisotopic (exact) mass is 414 g/mol. The number of hydrogen-bond acceptors (Lipinski definition) is 3.